The molecule has 2 aromatic rings. The van der Waals surface area contributed by atoms with Crippen LogP contribution in [-0.4, -0.2) is 31.1 Å². The first-order chi connectivity index (χ1) is 13.6. The number of nitrogens with one attached hydrogen (secondary N) is 2. The maximum atomic E-state index is 12.1. The Kier molecular flexibility index (Phi) is 7.64. The van der Waals surface area contributed by atoms with E-state index in [1.807, 2.05) is 17.4 Å². The second-order valence-electron chi connectivity index (χ2n) is 6.83. The van der Waals surface area contributed by atoms with Gasteiger partial charge in [-0.25, -0.2) is 0 Å². The fraction of sp³-hybridized carbons (Fsp3) is 0.333. The maximum absolute atomic E-state index is 12.1. The summed E-state index contributed by atoms with van der Waals surface area (Å²) < 4.78 is 41.7. The summed E-state index contributed by atoms with van der Waals surface area (Å²) in [7, 11) is 0. The van der Waals surface area contributed by atoms with Gasteiger partial charge in [0, 0.05) is 5.69 Å². The second kappa shape index (κ2) is 9.95. The Hall–Kier alpha value is -3.03. The number of alkyl halides is 3. The fourth-order valence-electron chi connectivity index (χ4n) is 2.45. The molecular weight excluding hydrogens is 385 g/mol. The topological polar surface area (TPSA) is 67.4 Å². The number of carbonyl (C=O) groups excluding carboxylic acids is 2. The van der Waals surface area contributed by atoms with Gasteiger partial charge in [0.25, 0.3) is 5.91 Å². The van der Waals surface area contributed by atoms with Crippen molar-refractivity contribution in [3.8, 4) is 5.75 Å². The van der Waals surface area contributed by atoms with Crippen molar-refractivity contribution in [2.24, 2.45) is 0 Å². The van der Waals surface area contributed by atoms with E-state index in [1.165, 1.54) is 5.56 Å². The molecule has 0 saturated carbocycles. The number of rotatable bonds is 8. The van der Waals surface area contributed by atoms with Gasteiger partial charge >= 0.3 is 6.18 Å². The van der Waals surface area contributed by atoms with Crippen molar-refractivity contribution >= 4 is 17.5 Å². The standard InChI is InChI=1S/C21H23F3N2O3/c1-14(2)16-5-9-18(10-6-16)29-12-20(28)26-17-7-3-15(4-8-17)11-19(27)25-13-21(22,23)24/h3-10,14H,11-13H2,1-2H3,(H,25,27)(H,26,28). The molecule has 0 heterocycles. The molecule has 8 heteroatoms. The minimum Gasteiger partial charge on any atom is -0.484 e. The SMILES string of the molecule is CC(C)c1ccc(OCC(=O)Nc2ccc(CC(=O)NCC(F)(F)F)cc2)cc1. The van der Waals surface area contributed by atoms with Gasteiger partial charge in [-0.2, -0.15) is 13.2 Å². The zero-order valence-electron chi connectivity index (χ0n) is 16.2. The lowest BCUT2D eigenvalue weighted by Crippen LogP contribution is -2.34. The molecule has 0 fully saturated rings. The molecule has 0 spiro atoms. The van der Waals surface area contributed by atoms with Crippen molar-refractivity contribution in [1.29, 1.82) is 0 Å². The maximum Gasteiger partial charge on any atom is 0.405 e. The molecule has 2 N–H and O–H groups in total. The van der Waals surface area contributed by atoms with Crippen LogP contribution >= 0.6 is 0 Å². The number of hydrogen-bond donors (Lipinski definition) is 2. The molecule has 29 heavy (non-hydrogen) atoms. The Morgan fingerprint density at radius 1 is 0.966 bits per heavy atom. The van der Waals surface area contributed by atoms with Crippen LogP contribution < -0.4 is 15.4 Å². The van der Waals surface area contributed by atoms with Crippen LogP contribution in [0.1, 0.15) is 30.9 Å². The van der Waals surface area contributed by atoms with Gasteiger partial charge < -0.3 is 15.4 Å². The van der Waals surface area contributed by atoms with Gasteiger partial charge in [0.2, 0.25) is 5.91 Å². The normalized spacial score (nSPS) is 11.2. The lowest BCUT2D eigenvalue weighted by molar-refractivity contribution is -0.138. The molecule has 0 aliphatic rings. The summed E-state index contributed by atoms with van der Waals surface area (Å²) in [6.07, 6.45) is -4.62. The zero-order chi connectivity index (χ0) is 21.4. The van der Waals surface area contributed by atoms with E-state index < -0.39 is 18.6 Å². The molecule has 2 amide bonds. The molecule has 0 bridgehead atoms. The number of anilines is 1. The molecule has 2 rings (SSSR count). The van der Waals surface area contributed by atoms with Crippen LogP contribution in [0.4, 0.5) is 18.9 Å². The largest absolute Gasteiger partial charge is 0.484 e. The molecule has 0 atom stereocenters. The van der Waals surface area contributed by atoms with Gasteiger partial charge in [-0.15, -0.1) is 0 Å². The molecule has 156 valence electrons. The van der Waals surface area contributed by atoms with E-state index in [-0.39, 0.29) is 18.9 Å². The summed E-state index contributed by atoms with van der Waals surface area (Å²) >= 11 is 0. The molecule has 0 aliphatic carbocycles. The molecule has 0 aliphatic heterocycles. The Balaban J connectivity index is 1.78. The van der Waals surface area contributed by atoms with Crippen LogP contribution in [0, 0.1) is 0 Å². The zero-order valence-corrected chi connectivity index (χ0v) is 16.2. The highest BCUT2D eigenvalue weighted by Crippen LogP contribution is 2.18. The Labute approximate surface area is 167 Å². The Bertz CT molecular complexity index is 817. The molecule has 5 nitrogen and oxygen atoms in total. The van der Waals surface area contributed by atoms with Crippen LogP contribution in [0.3, 0.4) is 0 Å². The van der Waals surface area contributed by atoms with Gasteiger partial charge in [0.15, 0.2) is 6.61 Å². The Morgan fingerprint density at radius 3 is 2.14 bits per heavy atom. The first kappa shape index (κ1) is 22.3. The third kappa shape index (κ3) is 8.25. The summed E-state index contributed by atoms with van der Waals surface area (Å²) in [6.45, 7) is 2.65. The predicted octanol–water partition coefficient (Wildman–Crippen LogP) is 4.05. The fourth-order valence-corrected chi connectivity index (χ4v) is 2.45. The highest BCUT2D eigenvalue weighted by Gasteiger charge is 2.27. The van der Waals surface area contributed by atoms with Crippen molar-refractivity contribution < 1.29 is 27.5 Å². The minimum atomic E-state index is -4.44. The van der Waals surface area contributed by atoms with Crippen LogP contribution in [0.2, 0.25) is 0 Å². The van der Waals surface area contributed by atoms with Crippen LogP contribution in [-0.2, 0) is 16.0 Å². The highest BCUT2D eigenvalue weighted by atomic mass is 19.4. The summed E-state index contributed by atoms with van der Waals surface area (Å²) in [6, 6.07) is 13.8. The number of amides is 2. The lowest BCUT2D eigenvalue weighted by Gasteiger charge is -2.10. The quantitative estimate of drug-likeness (QED) is 0.693. The average molecular weight is 408 g/mol. The summed E-state index contributed by atoms with van der Waals surface area (Å²) in [5, 5.41) is 4.46. The first-order valence-corrected chi connectivity index (χ1v) is 9.07. The third-order valence-electron chi connectivity index (χ3n) is 4.01. The van der Waals surface area contributed by atoms with Gasteiger partial charge in [-0.1, -0.05) is 38.1 Å². The molecule has 0 radical (unpaired) electrons. The van der Waals surface area contributed by atoms with E-state index in [1.54, 1.807) is 36.4 Å². The average Bonchev–Trinajstić information content (AvgIpc) is 2.66. The summed E-state index contributed by atoms with van der Waals surface area (Å²) in [5.41, 5.74) is 2.20. The lowest BCUT2D eigenvalue weighted by atomic mass is 10.0. The van der Waals surface area contributed by atoms with Gasteiger partial charge in [0.05, 0.1) is 6.42 Å². The number of halogens is 3. The number of benzene rings is 2. The van der Waals surface area contributed by atoms with E-state index >= 15 is 0 Å². The molecule has 0 saturated heterocycles. The highest BCUT2D eigenvalue weighted by molar-refractivity contribution is 5.92. The van der Waals surface area contributed by atoms with Gasteiger partial charge in [-0.3, -0.25) is 9.59 Å². The minimum absolute atomic E-state index is 0.164. The van der Waals surface area contributed by atoms with Crippen LogP contribution in [0.25, 0.3) is 0 Å². The van der Waals surface area contributed by atoms with E-state index in [2.05, 4.69) is 19.2 Å². The smallest absolute Gasteiger partial charge is 0.405 e. The number of ether oxygens (including phenoxy) is 1. The summed E-state index contributed by atoms with van der Waals surface area (Å²) in [4.78, 5) is 23.5. The number of carbonyl (C=O) groups is 2. The first-order valence-electron chi connectivity index (χ1n) is 9.07. The van der Waals surface area contributed by atoms with E-state index in [0.29, 0.717) is 22.9 Å². The summed E-state index contributed by atoms with van der Waals surface area (Å²) in [5.74, 6) is -0.0830. The number of hydrogen-bond acceptors (Lipinski definition) is 3. The van der Waals surface area contributed by atoms with E-state index in [0.717, 1.165) is 0 Å². The van der Waals surface area contributed by atoms with E-state index in [4.69, 9.17) is 4.74 Å². The van der Waals surface area contributed by atoms with Crippen molar-refractivity contribution in [3.63, 3.8) is 0 Å². The van der Waals surface area contributed by atoms with Gasteiger partial charge in [0.1, 0.15) is 12.3 Å². The van der Waals surface area contributed by atoms with Crippen LogP contribution in [0.15, 0.2) is 48.5 Å². The third-order valence-corrected chi connectivity index (χ3v) is 4.01. The molecule has 0 unspecified atom stereocenters. The van der Waals surface area contributed by atoms with Gasteiger partial charge in [-0.05, 0) is 41.3 Å². The monoisotopic (exact) mass is 408 g/mol. The predicted molar refractivity (Wildman–Crippen MR) is 104 cm³/mol. The van der Waals surface area contributed by atoms with Crippen molar-refractivity contribution in [1.82, 2.24) is 5.32 Å². The van der Waals surface area contributed by atoms with Crippen molar-refractivity contribution in [2.75, 3.05) is 18.5 Å². The van der Waals surface area contributed by atoms with Crippen molar-refractivity contribution in [2.45, 2.75) is 32.4 Å². The molecule has 2 aromatic carbocycles. The Morgan fingerprint density at radius 2 is 1.59 bits per heavy atom. The molecular formula is C21H23F3N2O3. The molecule has 0 aromatic heterocycles. The van der Waals surface area contributed by atoms with Crippen molar-refractivity contribution in [3.05, 3.63) is 59.7 Å². The second-order valence-corrected chi connectivity index (χ2v) is 6.83. The van der Waals surface area contributed by atoms with E-state index in [9.17, 15) is 22.8 Å². The van der Waals surface area contributed by atoms with Crippen LogP contribution in [0.5, 0.6) is 5.75 Å².